The number of ether oxygens (including phenoxy) is 1. The highest BCUT2D eigenvalue weighted by Crippen LogP contribution is 2.33. The summed E-state index contributed by atoms with van der Waals surface area (Å²) in [4.78, 5) is 33.5. The van der Waals surface area contributed by atoms with E-state index in [0.717, 1.165) is 0 Å². The maximum atomic E-state index is 12.0. The molecule has 0 saturated carbocycles. The van der Waals surface area contributed by atoms with E-state index in [1.54, 1.807) is 20.8 Å². The maximum absolute atomic E-state index is 12.0. The van der Waals surface area contributed by atoms with Gasteiger partial charge in [-0.2, -0.15) is 4.57 Å². The third-order valence-corrected chi connectivity index (χ3v) is 3.68. The molecule has 0 atom stereocenters. The number of nitro groups is 1. The molecule has 0 amide bonds. The van der Waals surface area contributed by atoms with Crippen LogP contribution in [0, 0.1) is 10.1 Å². The monoisotopic (exact) mass is 338 g/mol. The zero-order valence-corrected chi connectivity index (χ0v) is 13.4. The van der Waals surface area contributed by atoms with Gasteiger partial charge < -0.3 is 9.84 Å². The van der Waals surface area contributed by atoms with Crippen LogP contribution in [-0.4, -0.2) is 26.3 Å². The standard InChI is InChI=1S/C14H14N2O6S/c1-14(2,3)22-12(18)15-11(17)10(23-13(15)19)8-4-6-9(7-5-8)16(20)21/h4-7,17H,1-3H3. The molecule has 0 aliphatic heterocycles. The van der Waals surface area contributed by atoms with Gasteiger partial charge in [-0.3, -0.25) is 14.9 Å². The van der Waals surface area contributed by atoms with Crippen molar-refractivity contribution in [3.05, 3.63) is 44.0 Å². The second kappa shape index (κ2) is 5.84. The van der Waals surface area contributed by atoms with E-state index in [9.17, 15) is 24.8 Å². The van der Waals surface area contributed by atoms with Gasteiger partial charge in [0.15, 0.2) is 0 Å². The number of aromatic hydroxyl groups is 1. The number of hydrogen-bond acceptors (Lipinski definition) is 7. The van der Waals surface area contributed by atoms with Crippen LogP contribution < -0.4 is 4.87 Å². The first-order valence-corrected chi connectivity index (χ1v) is 7.35. The second-order valence-corrected chi connectivity index (χ2v) is 6.60. The highest BCUT2D eigenvalue weighted by atomic mass is 32.1. The summed E-state index contributed by atoms with van der Waals surface area (Å²) in [6, 6.07) is 5.28. The van der Waals surface area contributed by atoms with Gasteiger partial charge in [0, 0.05) is 12.1 Å². The Morgan fingerprint density at radius 2 is 1.87 bits per heavy atom. The minimum Gasteiger partial charge on any atom is -0.493 e. The molecule has 1 aromatic carbocycles. The fraction of sp³-hybridized carbons (Fsp3) is 0.286. The van der Waals surface area contributed by atoms with E-state index in [1.165, 1.54) is 24.3 Å². The molecule has 0 bridgehead atoms. The van der Waals surface area contributed by atoms with E-state index < -0.39 is 27.4 Å². The highest BCUT2D eigenvalue weighted by molar-refractivity contribution is 7.13. The summed E-state index contributed by atoms with van der Waals surface area (Å²) in [5.74, 6) is -0.553. The second-order valence-electron chi connectivity index (χ2n) is 5.64. The van der Waals surface area contributed by atoms with Crippen LogP contribution in [0.5, 0.6) is 5.88 Å². The van der Waals surface area contributed by atoms with Gasteiger partial charge in [0.2, 0.25) is 5.88 Å². The summed E-state index contributed by atoms with van der Waals surface area (Å²) < 4.78 is 5.60. The normalized spacial score (nSPS) is 11.3. The van der Waals surface area contributed by atoms with Gasteiger partial charge in [-0.05, 0) is 38.5 Å². The van der Waals surface area contributed by atoms with Crippen molar-refractivity contribution in [1.82, 2.24) is 4.57 Å². The number of aromatic nitrogens is 1. The van der Waals surface area contributed by atoms with Gasteiger partial charge in [0.1, 0.15) is 10.5 Å². The molecule has 0 radical (unpaired) electrons. The summed E-state index contributed by atoms with van der Waals surface area (Å²) >= 11 is 0.649. The van der Waals surface area contributed by atoms with E-state index in [0.29, 0.717) is 21.5 Å². The molecule has 2 rings (SSSR count). The van der Waals surface area contributed by atoms with Crippen LogP contribution in [0.15, 0.2) is 29.1 Å². The van der Waals surface area contributed by atoms with E-state index in [1.807, 2.05) is 0 Å². The molecule has 0 saturated heterocycles. The Morgan fingerprint density at radius 3 is 2.35 bits per heavy atom. The van der Waals surface area contributed by atoms with Crippen molar-refractivity contribution in [1.29, 1.82) is 0 Å². The lowest BCUT2D eigenvalue weighted by Gasteiger charge is -2.19. The number of carbonyl (C=O) groups excluding carboxylic acids is 1. The number of rotatable bonds is 2. The Labute approximate surface area is 134 Å². The third-order valence-electron chi connectivity index (χ3n) is 2.70. The molecule has 0 aliphatic carbocycles. The maximum Gasteiger partial charge on any atom is 0.425 e. The van der Waals surface area contributed by atoms with E-state index in [-0.39, 0.29) is 10.6 Å². The molecular weight excluding hydrogens is 324 g/mol. The fourth-order valence-corrected chi connectivity index (χ4v) is 2.62. The largest absolute Gasteiger partial charge is 0.493 e. The number of carbonyl (C=O) groups is 1. The highest BCUT2D eigenvalue weighted by Gasteiger charge is 2.25. The molecular formula is C14H14N2O6S. The molecule has 0 fully saturated rings. The number of non-ortho nitro benzene ring substituents is 1. The van der Waals surface area contributed by atoms with Crippen LogP contribution in [0.1, 0.15) is 20.8 Å². The topological polar surface area (TPSA) is 112 Å². The smallest absolute Gasteiger partial charge is 0.425 e. The van der Waals surface area contributed by atoms with Crippen molar-refractivity contribution >= 4 is 23.1 Å². The predicted octanol–water partition coefficient (Wildman–Crippen LogP) is 2.97. The van der Waals surface area contributed by atoms with Crippen LogP contribution in [-0.2, 0) is 4.74 Å². The zero-order valence-electron chi connectivity index (χ0n) is 12.6. The lowest BCUT2D eigenvalue weighted by atomic mass is 10.2. The molecule has 2 aromatic rings. The average Bonchev–Trinajstić information content (AvgIpc) is 2.72. The molecule has 9 heteroatoms. The Hall–Kier alpha value is -2.68. The van der Waals surface area contributed by atoms with Crippen molar-refractivity contribution in [2.24, 2.45) is 0 Å². The van der Waals surface area contributed by atoms with Crippen LogP contribution in [0.4, 0.5) is 10.5 Å². The molecule has 23 heavy (non-hydrogen) atoms. The minimum atomic E-state index is -0.982. The molecule has 1 N–H and O–H groups in total. The van der Waals surface area contributed by atoms with Gasteiger partial charge in [-0.1, -0.05) is 11.3 Å². The number of nitrogens with zero attached hydrogens (tertiary/aromatic N) is 2. The van der Waals surface area contributed by atoms with E-state index in [2.05, 4.69) is 0 Å². The quantitative estimate of drug-likeness (QED) is 0.665. The van der Waals surface area contributed by atoms with Gasteiger partial charge in [-0.25, -0.2) is 4.79 Å². The number of nitro benzene ring substituents is 1. The van der Waals surface area contributed by atoms with E-state index >= 15 is 0 Å². The van der Waals surface area contributed by atoms with Gasteiger partial charge in [-0.15, -0.1) is 0 Å². The Morgan fingerprint density at radius 1 is 1.30 bits per heavy atom. The third kappa shape index (κ3) is 3.57. The Balaban J connectivity index is 2.43. The predicted molar refractivity (Wildman–Crippen MR) is 84.0 cm³/mol. The molecule has 0 aliphatic rings. The summed E-state index contributed by atoms with van der Waals surface area (Å²) in [5, 5.41) is 20.8. The lowest BCUT2D eigenvalue weighted by Crippen LogP contribution is -2.31. The SMILES string of the molecule is CC(C)(C)OC(=O)n1c(O)c(-c2ccc([N+](=O)[O-])cc2)sc1=O. The summed E-state index contributed by atoms with van der Waals surface area (Å²) in [6.45, 7) is 4.91. The first kappa shape index (κ1) is 16.7. The molecule has 0 unspecified atom stereocenters. The van der Waals surface area contributed by atoms with Crippen LogP contribution in [0.2, 0.25) is 0 Å². The van der Waals surface area contributed by atoms with Crippen molar-refractivity contribution in [2.45, 2.75) is 26.4 Å². The van der Waals surface area contributed by atoms with Crippen molar-refractivity contribution in [3.8, 4) is 16.3 Å². The van der Waals surface area contributed by atoms with E-state index in [4.69, 9.17) is 4.74 Å². The lowest BCUT2D eigenvalue weighted by molar-refractivity contribution is -0.384. The number of hydrogen-bond donors (Lipinski definition) is 1. The van der Waals surface area contributed by atoms with Gasteiger partial charge in [0.25, 0.3) is 5.69 Å². The Bertz CT molecular complexity index is 813. The van der Waals surface area contributed by atoms with Crippen LogP contribution in [0.25, 0.3) is 10.4 Å². The van der Waals surface area contributed by atoms with Crippen molar-refractivity contribution in [3.63, 3.8) is 0 Å². The Kier molecular flexibility index (Phi) is 4.24. The molecule has 122 valence electrons. The van der Waals surface area contributed by atoms with Crippen molar-refractivity contribution < 1.29 is 19.6 Å². The molecule has 1 aromatic heterocycles. The first-order chi connectivity index (χ1) is 10.6. The van der Waals surface area contributed by atoms with Crippen LogP contribution in [0.3, 0.4) is 0 Å². The van der Waals surface area contributed by atoms with Gasteiger partial charge in [0.05, 0.1) is 4.92 Å². The first-order valence-electron chi connectivity index (χ1n) is 6.53. The molecule has 0 spiro atoms. The molecule has 8 nitrogen and oxygen atoms in total. The minimum absolute atomic E-state index is 0.118. The number of benzene rings is 1. The number of thiazole rings is 1. The molecule has 1 heterocycles. The summed E-state index contributed by atoms with van der Waals surface area (Å²) in [6.07, 6.45) is -0.982. The van der Waals surface area contributed by atoms with Gasteiger partial charge >= 0.3 is 11.0 Å². The summed E-state index contributed by atoms with van der Waals surface area (Å²) in [5.41, 5.74) is -0.553. The summed E-state index contributed by atoms with van der Waals surface area (Å²) in [7, 11) is 0. The van der Waals surface area contributed by atoms with Crippen molar-refractivity contribution in [2.75, 3.05) is 0 Å². The zero-order chi connectivity index (χ0) is 17.4. The fourth-order valence-electron chi connectivity index (χ4n) is 1.76. The average molecular weight is 338 g/mol. The van der Waals surface area contributed by atoms with Crippen LogP contribution >= 0.6 is 11.3 Å².